The lowest BCUT2D eigenvalue weighted by Gasteiger charge is -2.16. The van der Waals surface area contributed by atoms with E-state index < -0.39 is 10.0 Å². The number of rotatable bonds is 6. The van der Waals surface area contributed by atoms with Gasteiger partial charge in [-0.1, -0.05) is 17.3 Å². The van der Waals surface area contributed by atoms with Crippen molar-refractivity contribution in [2.75, 3.05) is 19.6 Å². The van der Waals surface area contributed by atoms with E-state index in [9.17, 15) is 13.2 Å². The molecule has 134 valence electrons. The largest absolute Gasteiger partial charge is 0.340 e. The van der Waals surface area contributed by atoms with Crippen LogP contribution in [0.5, 0.6) is 0 Å². The van der Waals surface area contributed by atoms with E-state index in [2.05, 4.69) is 15.0 Å². The maximum absolute atomic E-state index is 12.3. The molecule has 1 aromatic heterocycles. The van der Waals surface area contributed by atoms with Crippen LogP contribution in [0.4, 0.5) is 0 Å². The molecule has 9 heteroatoms. The fourth-order valence-electron chi connectivity index (χ4n) is 2.91. The van der Waals surface area contributed by atoms with Gasteiger partial charge in [0.2, 0.25) is 15.9 Å². The zero-order valence-corrected chi connectivity index (χ0v) is 14.8. The standard InChI is InChI=1S/C16H21N5O3S/c1-13-3-2-4-15(11-13)25(23,24)18-7-5-16(22)20-9-6-14(12-20)21-10-8-17-19-21/h2-4,8,10-11,14,18H,5-7,9,12H2,1H3. The minimum atomic E-state index is -3.59. The van der Waals surface area contributed by atoms with E-state index in [0.29, 0.717) is 13.1 Å². The molecule has 2 aromatic rings. The second kappa shape index (κ2) is 7.32. The molecule has 1 unspecified atom stereocenters. The van der Waals surface area contributed by atoms with E-state index >= 15 is 0 Å². The van der Waals surface area contributed by atoms with Gasteiger partial charge in [-0.25, -0.2) is 17.8 Å². The van der Waals surface area contributed by atoms with Crippen LogP contribution in [0.15, 0.2) is 41.6 Å². The highest BCUT2D eigenvalue weighted by atomic mass is 32.2. The Labute approximate surface area is 146 Å². The van der Waals surface area contributed by atoms with Crippen LogP contribution in [0.2, 0.25) is 0 Å². The SMILES string of the molecule is Cc1cccc(S(=O)(=O)NCCC(=O)N2CCC(n3ccnn3)C2)c1. The Kier molecular flexibility index (Phi) is 5.14. The Morgan fingerprint density at radius 3 is 2.96 bits per heavy atom. The number of nitrogens with zero attached hydrogens (tertiary/aromatic N) is 4. The highest BCUT2D eigenvalue weighted by Gasteiger charge is 2.27. The number of carbonyl (C=O) groups is 1. The highest BCUT2D eigenvalue weighted by Crippen LogP contribution is 2.20. The lowest BCUT2D eigenvalue weighted by atomic mass is 10.2. The van der Waals surface area contributed by atoms with Crippen LogP contribution in [-0.2, 0) is 14.8 Å². The average molecular weight is 363 g/mol. The summed E-state index contributed by atoms with van der Waals surface area (Å²) in [6.45, 7) is 3.14. The maximum Gasteiger partial charge on any atom is 0.240 e. The van der Waals surface area contributed by atoms with E-state index in [1.165, 1.54) is 0 Å². The Morgan fingerprint density at radius 2 is 2.24 bits per heavy atom. The Morgan fingerprint density at radius 1 is 1.40 bits per heavy atom. The van der Waals surface area contributed by atoms with Crippen molar-refractivity contribution in [3.05, 3.63) is 42.2 Å². The van der Waals surface area contributed by atoms with Gasteiger partial charge < -0.3 is 4.90 Å². The summed E-state index contributed by atoms with van der Waals surface area (Å²) in [5.74, 6) is -0.0606. The number of nitrogens with one attached hydrogen (secondary N) is 1. The van der Waals surface area contributed by atoms with Crippen LogP contribution in [0.25, 0.3) is 0 Å². The van der Waals surface area contributed by atoms with Gasteiger partial charge in [-0.15, -0.1) is 5.10 Å². The van der Waals surface area contributed by atoms with Gasteiger partial charge in [0.1, 0.15) is 0 Å². The third-order valence-corrected chi connectivity index (χ3v) is 5.72. The predicted molar refractivity (Wildman–Crippen MR) is 91.2 cm³/mol. The number of hydrogen-bond acceptors (Lipinski definition) is 5. The van der Waals surface area contributed by atoms with Crippen LogP contribution >= 0.6 is 0 Å². The molecular formula is C16H21N5O3S. The molecule has 1 saturated heterocycles. The van der Waals surface area contributed by atoms with Crippen LogP contribution in [0.1, 0.15) is 24.4 Å². The van der Waals surface area contributed by atoms with Gasteiger partial charge in [-0.2, -0.15) is 0 Å². The van der Waals surface area contributed by atoms with Crippen molar-refractivity contribution in [2.24, 2.45) is 0 Å². The normalized spacial score (nSPS) is 17.8. The van der Waals surface area contributed by atoms with Crippen molar-refractivity contribution in [1.82, 2.24) is 24.6 Å². The average Bonchev–Trinajstić information content (AvgIpc) is 3.26. The summed E-state index contributed by atoms with van der Waals surface area (Å²) in [5, 5.41) is 7.75. The van der Waals surface area contributed by atoms with Crippen molar-refractivity contribution in [3.8, 4) is 0 Å². The maximum atomic E-state index is 12.3. The molecule has 1 atom stereocenters. The number of hydrogen-bond donors (Lipinski definition) is 1. The van der Waals surface area contributed by atoms with Gasteiger partial charge in [-0.3, -0.25) is 4.79 Å². The fourth-order valence-corrected chi connectivity index (χ4v) is 4.05. The van der Waals surface area contributed by atoms with E-state index in [1.54, 1.807) is 40.2 Å². The second-order valence-corrected chi connectivity index (χ2v) is 7.90. The molecule has 1 amide bonds. The molecule has 2 heterocycles. The summed E-state index contributed by atoms with van der Waals surface area (Å²) in [6, 6.07) is 6.81. The molecule has 1 aliphatic rings. The molecule has 1 fully saturated rings. The Hall–Kier alpha value is -2.26. The number of sulfonamides is 1. The summed E-state index contributed by atoms with van der Waals surface area (Å²) < 4.78 is 28.7. The van der Waals surface area contributed by atoms with Crippen molar-refractivity contribution in [2.45, 2.75) is 30.7 Å². The van der Waals surface area contributed by atoms with Gasteiger partial charge in [0.25, 0.3) is 0 Å². The first kappa shape index (κ1) is 17.6. The summed E-state index contributed by atoms with van der Waals surface area (Å²) in [7, 11) is -3.59. The quantitative estimate of drug-likeness (QED) is 0.816. The number of aromatic nitrogens is 3. The summed E-state index contributed by atoms with van der Waals surface area (Å²) in [6.07, 6.45) is 4.36. The molecule has 1 aromatic carbocycles. The van der Waals surface area contributed by atoms with Gasteiger partial charge in [0.15, 0.2) is 0 Å². The van der Waals surface area contributed by atoms with Crippen molar-refractivity contribution >= 4 is 15.9 Å². The molecule has 1 aliphatic heterocycles. The predicted octanol–water partition coefficient (Wildman–Crippen LogP) is 0.729. The lowest BCUT2D eigenvalue weighted by Crippen LogP contribution is -2.33. The lowest BCUT2D eigenvalue weighted by molar-refractivity contribution is -0.130. The topological polar surface area (TPSA) is 97.2 Å². The van der Waals surface area contributed by atoms with Gasteiger partial charge in [0, 0.05) is 32.3 Å². The number of likely N-dealkylation sites (tertiary alicyclic amines) is 1. The fraction of sp³-hybridized carbons (Fsp3) is 0.438. The number of carbonyl (C=O) groups excluding carboxylic acids is 1. The van der Waals surface area contributed by atoms with Gasteiger partial charge in [-0.05, 0) is 31.0 Å². The smallest absolute Gasteiger partial charge is 0.240 e. The van der Waals surface area contributed by atoms with E-state index in [1.807, 2.05) is 13.0 Å². The van der Waals surface area contributed by atoms with Crippen LogP contribution < -0.4 is 4.72 Å². The molecule has 3 rings (SSSR count). The molecule has 0 saturated carbocycles. The van der Waals surface area contributed by atoms with Crippen LogP contribution in [-0.4, -0.2) is 53.9 Å². The monoisotopic (exact) mass is 363 g/mol. The summed E-state index contributed by atoms with van der Waals surface area (Å²) in [4.78, 5) is 14.2. The van der Waals surface area contributed by atoms with Gasteiger partial charge in [0.05, 0.1) is 17.1 Å². The van der Waals surface area contributed by atoms with Crippen LogP contribution in [0, 0.1) is 6.92 Å². The number of benzene rings is 1. The molecule has 1 N–H and O–H groups in total. The van der Waals surface area contributed by atoms with Crippen LogP contribution in [0.3, 0.4) is 0 Å². The second-order valence-electron chi connectivity index (χ2n) is 6.13. The Balaban J connectivity index is 1.50. The molecule has 8 nitrogen and oxygen atoms in total. The molecule has 0 bridgehead atoms. The van der Waals surface area contributed by atoms with Gasteiger partial charge >= 0.3 is 0 Å². The molecule has 0 aliphatic carbocycles. The molecule has 0 radical (unpaired) electrons. The Bertz CT molecular complexity index is 835. The molecular weight excluding hydrogens is 342 g/mol. The first-order chi connectivity index (χ1) is 12.0. The molecule has 0 spiro atoms. The minimum Gasteiger partial charge on any atom is -0.340 e. The van der Waals surface area contributed by atoms with E-state index in [4.69, 9.17) is 0 Å². The van der Waals surface area contributed by atoms with Crippen molar-refractivity contribution < 1.29 is 13.2 Å². The zero-order chi connectivity index (χ0) is 17.9. The first-order valence-corrected chi connectivity index (χ1v) is 9.64. The first-order valence-electron chi connectivity index (χ1n) is 8.15. The zero-order valence-electron chi connectivity index (χ0n) is 14.0. The summed E-state index contributed by atoms with van der Waals surface area (Å²) >= 11 is 0. The van der Waals surface area contributed by atoms with E-state index in [0.717, 1.165) is 12.0 Å². The minimum absolute atomic E-state index is 0.0606. The third kappa shape index (κ3) is 4.23. The van der Waals surface area contributed by atoms with E-state index in [-0.39, 0.29) is 29.8 Å². The van der Waals surface area contributed by atoms with Crippen molar-refractivity contribution in [3.63, 3.8) is 0 Å². The molecule has 25 heavy (non-hydrogen) atoms. The number of amides is 1. The van der Waals surface area contributed by atoms with Crippen molar-refractivity contribution in [1.29, 1.82) is 0 Å². The third-order valence-electron chi connectivity index (χ3n) is 4.26. The highest BCUT2D eigenvalue weighted by molar-refractivity contribution is 7.89. The summed E-state index contributed by atoms with van der Waals surface area (Å²) in [5.41, 5.74) is 0.871. The number of aryl methyl sites for hydroxylation is 1.